The van der Waals surface area contributed by atoms with Gasteiger partial charge in [0.25, 0.3) is 0 Å². The van der Waals surface area contributed by atoms with E-state index in [0.29, 0.717) is 0 Å². The lowest BCUT2D eigenvalue weighted by atomic mass is 9.87. The molecule has 1 atom stereocenters. The van der Waals surface area contributed by atoms with Gasteiger partial charge in [-0.2, -0.15) is 0 Å². The molecule has 164 valence electrons. The smallest absolute Gasteiger partial charge is 0.223 e. The maximum Gasteiger partial charge on any atom is 0.223 e. The quantitative estimate of drug-likeness (QED) is 0.647. The van der Waals surface area contributed by atoms with Gasteiger partial charge in [0.05, 0.1) is 11.7 Å². The fourth-order valence-corrected chi connectivity index (χ4v) is 5.02. The summed E-state index contributed by atoms with van der Waals surface area (Å²) in [5.41, 5.74) is 5.87. The van der Waals surface area contributed by atoms with Crippen LogP contribution in [0.1, 0.15) is 48.4 Å². The second kappa shape index (κ2) is 9.11. The number of aryl methyl sites for hydroxylation is 2. The molecule has 5 rings (SSSR count). The Hall–Kier alpha value is -3.21. The number of nitrogens with zero attached hydrogens (tertiary/aromatic N) is 3. The lowest BCUT2D eigenvalue weighted by molar-refractivity contribution is -0.126. The van der Waals surface area contributed by atoms with Gasteiger partial charge in [0.2, 0.25) is 5.91 Å². The maximum atomic E-state index is 13.0. The Morgan fingerprint density at radius 1 is 0.969 bits per heavy atom. The molecule has 1 aliphatic carbocycles. The molecular formula is C27H30N4O. The van der Waals surface area contributed by atoms with Crippen LogP contribution in [0.4, 0.5) is 5.82 Å². The molecular weight excluding hydrogens is 396 g/mol. The average Bonchev–Trinajstić information content (AvgIpc) is 2.84. The van der Waals surface area contributed by atoms with Crippen molar-refractivity contribution in [1.29, 1.82) is 0 Å². The summed E-state index contributed by atoms with van der Waals surface area (Å²) >= 11 is 0. The van der Waals surface area contributed by atoms with Gasteiger partial charge in [0.15, 0.2) is 5.82 Å². The lowest BCUT2D eigenvalue weighted by Crippen LogP contribution is -2.42. The highest BCUT2D eigenvalue weighted by Gasteiger charge is 2.29. The summed E-state index contributed by atoms with van der Waals surface area (Å²) in [6.45, 7) is 3.74. The number of anilines is 1. The molecule has 0 spiro atoms. The molecule has 2 aromatic carbocycles. The number of hydrogen-bond acceptors (Lipinski definition) is 4. The molecule has 1 N–H and O–H groups in total. The van der Waals surface area contributed by atoms with E-state index in [1.807, 2.05) is 18.2 Å². The summed E-state index contributed by atoms with van der Waals surface area (Å²) in [4.78, 5) is 15.2. The molecule has 2 aliphatic rings. The minimum atomic E-state index is 0.0693. The van der Waals surface area contributed by atoms with Crippen LogP contribution < -0.4 is 10.2 Å². The molecule has 1 unspecified atom stereocenters. The van der Waals surface area contributed by atoms with Crippen LogP contribution in [-0.4, -0.2) is 29.2 Å². The van der Waals surface area contributed by atoms with Crippen molar-refractivity contribution in [3.63, 3.8) is 0 Å². The van der Waals surface area contributed by atoms with E-state index in [1.54, 1.807) is 0 Å². The van der Waals surface area contributed by atoms with E-state index in [-0.39, 0.29) is 17.9 Å². The molecule has 0 radical (unpaired) electrons. The first kappa shape index (κ1) is 20.7. The third kappa shape index (κ3) is 4.38. The van der Waals surface area contributed by atoms with Gasteiger partial charge in [0, 0.05) is 24.6 Å². The number of aromatic nitrogens is 2. The number of carbonyl (C=O) groups is 1. The standard InChI is InChI=1S/C27H30N4O/c1-19-6-4-9-22(18-19)24-12-13-26(30-29-24)31-16-14-21(15-17-31)27(32)28-25-11-5-8-20-7-2-3-10-23(20)25/h2-4,6-7,9-10,12-13,18,21,25H,5,8,11,14-17H2,1H3,(H,28,32). The summed E-state index contributed by atoms with van der Waals surface area (Å²) in [7, 11) is 0. The van der Waals surface area contributed by atoms with Crippen LogP contribution in [0.5, 0.6) is 0 Å². The van der Waals surface area contributed by atoms with Crippen molar-refractivity contribution in [1.82, 2.24) is 15.5 Å². The number of fused-ring (bicyclic) bond motifs is 1. The van der Waals surface area contributed by atoms with Crippen molar-refractivity contribution < 1.29 is 4.79 Å². The van der Waals surface area contributed by atoms with Gasteiger partial charge in [-0.15, -0.1) is 10.2 Å². The van der Waals surface area contributed by atoms with Crippen LogP contribution in [0.15, 0.2) is 60.7 Å². The first-order chi connectivity index (χ1) is 15.7. The van der Waals surface area contributed by atoms with Crippen molar-refractivity contribution in [2.75, 3.05) is 18.0 Å². The molecule has 1 saturated heterocycles. The first-order valence-corrected chi connectivity index (χ1v) is 11.7. The van der Waals surface area contributed by atoms with E-state index in [1.165, 1.54) is 16.7 Å². The summed E-state index contributed by atoms with van der Waals surface area (Å²) < 4.78 is 0. The first-order valence-electron chi connectivity index (χ1n) is 11.7. The van der Waals surface area contributed by atoms with Gasteiger partial charge in [-0.3, -0.25) is 4.79 Å². The highest BCUT2D eigenvalue weighted by atomic mass is 16.1. The molecule has 5 heteroatoms. The Kier molecular flexibility index (Phi) is 5.89. The van der Waals surface area contributed by atoms with Gasteiger partial charge in [-0.25, -0.2) is 0 Å². The molecule has 5 nitrogen and oxygen atoms in total. The number of carbonyl (C=O) groups excluding carboxylic acids is 1. The van der Waals surface area contributed by atoms with Crippen molar-refractivity contribution in [2.24, 2.45) is 5.92 Å². The molecule has 32 heavy (non-hydrogen) atoms. The molecule has 1 amide bonds. The van der Waals surface area contributed by atoms with Crippen LogP contribution in [0.3, 0.4) is 0 Å². The van der Waals surface area contributed by atoms with Crippen LogP contribution in [0, 0.1) is 12.8 Å². The summed E-state index contributed by atoms with van der Waals surface area (Å²) in [5.74, 6) is 1.16. The number of piperidine rings is 1. The molecule has 0 saturated carbocycles. The van der Waals surface area contributed by atoms with Crippen LogP contribution in [0.2, 0.25) is 0 Å². The van der Waals surface area contributed by atoms with Crippen LogP contribution >= 0.6 is 0 Å². The number of amides is 1. The lowest BCUT2D eigenvalue weighted by Gasteiger charge is -2.33. The highest BCUT2D eigenvalue weighted by molar-refractivity contribution is 5.79. The highest BCUT2D eigenvalue weighted by Crippen LogP contribution is 2.31. The summed E-state index contributed by atoms with van der Waals surface area (Å²) in [6, 6.07) is 21.1. The molecule has 1 aromatic heterocycles. The maximum absolute atomic E-state index is 13.0. The third-order valence-electron chi connectivity index (χ3n) is 6.84. The summed E-state index contributed by atoms with van der Waals surface area (Å²) in [5, 5.41) is 12.3. The molecule has 1 aliphatic heterocycles. The zero-order chi connectivity index (χ0) is 21.9. The predicted molar refractivity (Wildman–Crippen MR) is 127 cm³/mol. The van der Waals surface area contributed by atoms with Crippen molar-refractivity contribution in [3.8, 4) is 11.3 Å². The Balaban J connectivity index is 1.18. The van der Waals surface area contributed by atoms with E-state index in [2.05, 4.69) is 69.8 Å². The number of rotatable bonds is 4. The van der Waals surface area contributed by atoms with Crippen molar-refractivity contribution in [3.05, 3.63) is 77.4 Å². The zero-order valence-corrected chi connectivity index (χ0v) is 18.6. The van der Waals surface area contributed by atoms with E-state index in [9.17, 15) is 4.79 Å². The number of benzene rings is 2. The van der Waals surface area contributed by atoms with Gasteiger partial charge in [0.1, 0.15) is 0 Å². The Morgan fingerprint density at radius 3 is 2.59 bits per heavy atom. The predicted octanol–water partition coefficient (Wildman–Crippen LogP) is 4.86. The fourth-order valence-electron chi connectivity index (χ4n) is 5.02. The summed E-state index contributed by atoms with van der Waals surface area (Å²) in [6.07, 6.45) is 4.98. The van der Waals surface area contributed by atoms with Gasteiger partial charge in [-0.1, -0.05) is 48.0 Å². The number of nitrogens with one attached hydrogen (secondary N) is 1. The Morgan fingerprint density at radius 2 is 1.81 bits per heavy atom. The normalized spacial score (nSPS) is 18.8. The monoisotopic (exact) mass is 426 g/mol. The van der Waals surface area contributed by atoms with E-state index in [0.717, 1.165) is 62.3 Å². The molecule has 2 heterocycles. The molecule has 3 aromatic rings. The van der Waals surface area contributed by atoms with Gasteiger partial charge in [-0.05, 0) is 68.4 Å². The largest absolute Gasteiger partial charge is 0.355 e. The third-order valence-corrected chi connectivity index (χ3v) is 6.84. The average molecular weight is 427 g/mol. The zero-order valence-electron chi connectivity index (χ0n) is 18.6. The van der Waals surface area contributed by atoms with E-state index in [4.69, 9.17) is 0 Å². The minimum Gasteiger partial charge on any atom is -0.355 e. The SMILES string of the molecule is Cc1cccc(-c2ccc(N3CCC(C(=O)NC4CCCc5ccccc54)CC3)nn2)c1. The van der Waals surface area contributed by atoms with Gasteiger partial charge >= 0.3 is 0 Å². The van der Waals surface area contributed by atoms with Crippen molar-refractivity contribution in [2.45, 2.75) is 45.1 Å². The second-order valence-corrected chi connectivity index (χ2v) is 9.06. The minimum absolute atomic E-state index is 0.0693. The topological polar surface area (TPSA) is 58.1 Å². The van der Waals surface area contributed by atoms with E-state index >= 15 is 0 Å². The molecule has 0 bridgehead atoms. The number of hydrogen-bond donors (Lipinski definition) is 1. The Bertz CT molecular complexity index is 1090. The van der Waals surface area contributed by atoms with Crippen LogP contribution in [0.25, 0.3) is 11.3 Å². The van der Waals surface area contributed by atoms with E-state index < -0.39 is 0 Å². The second-order valence-electron chi connectivity index (χ2n) is 9.06. The van der Waals surface area contributed by atoms with Crippen LogP contribution in [-0.2, 0) is 11.2 Å². The van der Waals surface area contributed by atoms with Crippen molar-refractivity contribution >= 4 is 11.7 Å². The van der Waals surface area contributed by atoms with Gasteiger partial charge < -0.3 is 10.2 Å². The fraction of sp³-hybridized carbons (Fsp3) is 0.370. The molecule has 1 fully saturated rings. The Labute approximate surface area is 189 Å².